The summed E-state index contributed by atoms with van der Waals surface area (Å²) in [7, 11) is 0. The number of benzene rings is 3. The highest BCUT2D eigenvalue weighted by Gasteiger charge is 2.24. The van der Waals surface area contributed by atoms with Gasteiger partial charge in [0.05, 0.1) is 10.7 Å². The van der Waals surface area contributed by atoms with Crippen molar-refractivity contribution in [2.75, 3.05) is 36.4 Å². The lowest BCUT2D eigenvalue weighted by Gasteiger charge is -2.37. The molecule has 0 spiro atoms. The van der Waals surface area contributed by atoms with Crippen LogP contribution in [0.4, 0.5) is 11.4 Å². The largest absolute Gasteiger partial charge is 0.367 e. The molecule has 1 fully saturated rings. The molecule has 0 radical (unpaired) electrons. The average molecular weight is 515 g/mol. The predicted molar refractivity (Wildman–Crippen MR) is 135 cm³/mol. The second-order valence-electron chi connectivity index (χ2n) is 8.23. The Morgan fingerprint density at radius 1 is 0.969 bits per heavy atom. The van der Waals surface area contributed by atoms with Gasteiger partial charge in [-0.25, -0.2) is 0 Å². The third kappa shape index (κ3) is 4.62. The van der Waals surface area contributed by atoms with E-state index in [0.717, 1.165) is 34.0 Å². The van der Waals surface area contributed by atoms with Gasteiger partial charge in [0.2, 0.25) is 5.91 Å². The summed E-state index contributed by atoms with van der Waals surface area (Å²) in [5, 5.41) is 5.42. The fraction of sp³-hybridized carbons (Fsp3) is 0.280. The first-order valence-corrected chi connectivity index (χ1v) is 11.8. The molecule has 0 aromatic heterocycles. The lowest BCUT2D eigenvalue weighted by Crippen LogP contribution is -2.50. The third-order valence-electron chi connectivity index (χ3n) is 5.74. The summed E-state index contributed by atoms with van der Waals surface area (Å²) in [6, 6.07) is 17.1. The monoisotopic (exact) mass is 513 g/mol. The van der Waals surface area contributed by atoms with Crippen LogP contribution in [-0.2, 0) is 4.79 Å². The Morgan fingerprint density at radius 3 is 2.34 bits per heavy atom. The normalized spacial score (nSPS) is 14.2. The van der Waals surface area contributed by atoms with Gasteiger partial charge in [0.25, 0.3) is 5.91 Å². The van der Waals surface area contributed by atoms with Crippen LogP contribution < -0.4 is 10.2 Å². The summed E-state index contributed by atoms with van der Waals surface area (Å²) in [4.78, 5) is 29.3. The zero-order valence-corrected chi connectivity index (χ0v) is 20.4. The number of nitrogens with zero attached hydrogens (tertiary/aromatic N) is 2. The zero-order chi connectivity index (χ0) is 22.8. The van der Waals surface area contributed by atoms with Crippen molar-refractivity contribution in [1.29, 1.82) is 0 Å². The van der Waals surface area contributed by atoms with Crippen LogP contribution in [0.5, 0.6) is 0 Å². The SMILES string of the molecule is CC(C)C(=O)N1CCN(c2ccc(NC(=O)c3cccc4c(Br)cccc34)cc2Cl)CC1. The standard InChI is InChI=1S/C25H25BrClN3O2/c1-16(2)25(32)30-13-11-29(12-14-30)23-10-9-17(15-22(23)27)28-24(31)20-7-3-6-19-18(20)5-4-8-21(19)26/h3-10,15-16H,11-14H2,1-2H3,(H,28,31). The molecule has 1 aliphatic heterocycles. The lowest BCUT2D eigenvalue weighted by atomic mass is 10.0. The smallest absolute Gasteiger partial charge is 0.256 e. The number of carbonyl (C=O) groups is 2. The molecule has 7 heteroatoms. The van der Waals surface area contributed by atoms with Crippen LogP contribution in [0.2, 0.25) is 5.02 Å². The summed E-state index contributed by atoms with van der Waals surface area (Å²) in [6.45, 7) is 6.68. The Bertz CT molecular complexity index is 1170. The molecule has 3 aromatic rings. The number of hydrogen-bond donors (Lipinski definition) is 1. The second-order valence-corrected chi connectivity index (χ2v) is 9.49. The van der Waals surface area contributed by atoms with Gasteiger partial charge in [-0.1, -0.05) is 65.6 Å². The van der Waals surface area contributed by atoms with E-state index in [9.17, 15) is 9.59 Å². The molecule has 0 aliphatic carbocycles. The Hall–Kier alpha value is -2.57. The van der Waals surface area contributed by atoms with E-state index < -0.39 is 0 Å². The summed E-state index contributed by atoms with van der Waals surface area (Å²) in [5.41, 5.74) is 2.16. The molecule has 0 unspecified atom stereocenters. The fourth-order valence-electron chi connectivity index (χ4n) is 4.04. The van der Waals surface area contributed by atoms with Crippen molar-refractivity contribution < 1.29 is 9.59 Å². The lowest BCUT2D eigenvalue weighted by molar-refractivity contribution is -0.134. The highest BCUT2D eigenvalue weighted by molar-refractivity contribution is 9.10. The minimum absolute atomic E-state index is 0.0101. The average Bonchev–Trinajstić information content (AvgIpc) is 2.79. The maximum absolute atomic E-state index is 13.0. The van der Waals surface area contributed by atoms with Crippen molar-refractivity contribution in [1.82, 2.24) is 4.90 Å². The van der Waals surface area contributed by atoms with Gasteiger partial charge in [0.15, 0.2) is 0 Å². The highest BCUT2D eigenvalue weighted by Crippen LogP contribution is 2.31. The maximum atomic E-state index is 13.0. The zero-order valence-electron chi connectivity index (χ0n) is 18.1. The minimum atomic E-state index is -0.182. The number of halogens is 2. The molecule has 1 aliphatic rings. The fourth-order valence-corrected chi connectivity index (χ4v) is 4.84. The number of piperazine rings is 1. The van der Waals surface area contributed by atoms with Gasteiger partial charge in [-0.15, -0.1) is 0 Å². The van der Waals surface area contributed by atoms with Gasteiger partial charge in [-0.2, -0.15) is 0 Å². The molecular weight excluding hydrogens is 490 g/mol. The molecule has 5 nitrogen and oxygen atoms in total. The maximum Gasteiger partial charge on any atom is 0.256 e. The van der Waals surface area contributed by atoms with Crippen LogP contribution in [0, 0.1) is 5.92 Å². The quantitative estimate of drug-likeness (QED) is 0.478. The molecular formula is C25H25BrClN3O2. The number of nitrogens with one attached hydrogen (secondary N) is 1. The van der Waals surface area contributed by atoms with Crippen molar-refractivity contribution >= 4 is 61.5 Å². The number of hydrogen-bond acceptors (Lipinski definition) is 3. The van der Waals surface area contributed by atoms with Gasteiger partial charge < -0.3 is 15.1 Å². The van der Waals surface area contributed by atoms with E-state index in [1.807, 2.05) is 67.3 Å². The van der Waals surface area contributed by atoms with Crippen molar-refractivity contribution in [3.05, 3.63) is 69.7 Å². The van der Waals surface area contributed by atoms with Crippen molar-refractivity contribution in [2.45, 2.75) is 13.8 Å². The van der Waals surface area contributed by atoms with Gasteiger partial charge in [-0.3, -0.25) is 9.59 Å². The van der Waals surface area contributed by atoms with E-state index in [1.54, 1.807) is 6.07 Å². The molecule has 0 atom stereocenters. The molecule has 3 aromatic carbocycles. The summed E-state index contributed by atoms with van der Waals surface area (Å²) in [6.07, 6.45) is 0. The molecule has 1 heterocycles. The molecule has 32 heavy (non-hydrogen) atoms. The summed E-state index contributed by atoms with van der Waals surface area (Å²) < 4.78 is 0.951. The van der Waals surface area contributed by atoms with E-state index in [0.29, 0.717) is 29.4 Å². The van der Waals surface area contributed by atoms with Gasteiger partial charge in [-0.05, 0) is 41.1 Å². The van der Waals surface area contributed by atoms with Crippen LogP contribution in [0.25, 0.3) is 10.8 Å². The molecule has 2 amide bonds. The molecule has 4 rings (SSSR count). The van der Waals surface area contributed by atoms with Crippen LogP contribution in [0.1, 0.15) is 24.2 Å². The number of fused-ring (bicyclic) bond motifs is 1. The van der Waals surface area contributed by atoms with Gasteiger partial charge in [0.1, 0.15) is 0 Å². The summed E-state index contributed by atoms with van der Waals surface area (Å²) in [5.74, 6) is 0.0171. The van der Waals surface area contributed by atoms with Crippen molar-refractivity contribution in [3.63, 3.8) is 0 Å². The van der Waals surface area contributed by atoms with Crippen LogP contribution >= 0.6 is 27.5 Å². The summed E-state index contributed by atoms with van der Waals surface area (Å²) >= 11 is 10.1. The van der Waals surface area contributed by atoms with Crippen LogP contribution in [-0.4, -0.2) is 42.9 Å². The van der Waals surface area contributed by atoms with Gasteiger partial charge in [0, 0.05) is 47.8 Å². The first-order chi connectivity index (χ1) is 15.3. The molecule has 1 N–H and O–H groups in total. The predicted octanol–water partition coefficient (Wildman–Crippen LogP) is 5.81. The highest BCUT2D eigenvalue weighted by atomic mass is 79.9. The van der Waals surface area contributed by atoms with Crippen LogP contribution in [0.3, 0.4) is 0 Å². The Labute approximate surface area is 201 Å². The molecule has 0 bridgehead atoms. The first-order valence-electron chi connectivity index (χ1n) is 10.7. The Morgan fingerprint density at radius 2 is 1.66 bits per heavy atom. The van der Waals surface area contributed by atoms with E-state index >= 15 is 0 Å². The number of carbonyl (C=O) groups excluding carboxylic acids is 2. The number of rotatable bonds is 4. The van der Waals surface area contributed by atoms with E-state index in [4.69, 9.17) is 11.6 Å². The van der Waals surface area contributed by atoms with E-state index in [1.165, 1.54) is 0 Å². The molecule has 166 valence electrons. The third-order valence-corrected chi connectivity index (χ3v) is 6.74. The van der Waals surface area contributed by atoms with Crippen LogP contribution in [0.15, 0.2) is 59.1 Å². The first kappa shape index (κ1) is 22.6. The topological polar surface area (TPSA) is 52.7 Å². The molecule has 0 saturated carbocycles. The second kappa shape index (κ2) is 9.51. The number of amides is 2. The van der Waals surface area contributed by atoms with Crippen molar-refractivity contribution in [2.24, 2.45) is 5.92 Å². The van der Waals surface area contributed by atoms with Crippen molar-refractivity contribution in [3.8, 4) is 0 Å². The van der Waals surface area contributed by atoms with E-state index in [-0.39, 0.29) is 17.7 Å². The minimum Gasteiger partial charge on any atom is -0.367 e. The Kier molecular flexibility index (Phi) is 6.72. The van der Waals surface area contributed by atoms with Gasteiger partial charge >= 0.3 is 0 Å². The van der Waals surface area contributed by atoms with E-state index in [2.05, 4.69) is 26.1 Å². The molecule has 1 saturated heterocycles. The number of anilines is 2. The Balaban J connectivity index is 1.47.